The second-order valence-electron chi connectivity index (χ2n) is 7.55. The summed E-state index contributed by atoms with van der Waals surface area (Å²) in [5, 5.41) is 3.84. The molecule has 0 radical (unpaired) electrons. The monoisotopic (exact) mass is 484 g/mol. The predicted molar refractivity (Wildman–Crippen MR) is 136 cm³/mol. The van der Waals surface area contributed by atoms with Gasteiger partial charge >= 0.3 is 5.97 Å². The molecule has 2 heterocycles. The van der Waals surface area contributed by atoms with Crippen molar-refractivity contribution in [1.29, 1.82) is 0 Å². The highest BCUT2D eigenvalue weighted by Gasteiger charge is 2.19. The average Bonchev–Trinajstić information content (AvgIpc) is 3.54. The third kappa shape index (κ3) is 4.90. The van der Waals surface area contributed by atoms with Crippen molar-refractivity contribution in [3.05, 3.63) is 113 Å². The van der Waals surface area contributed by atoms with E-state index in [-0.39, 0.29) is 18.6 Å². The fraction of sp³-hybridized carbons (Fsp3) is 0.0741. The van der Waals surface area contributed by atoms with Gasteiger partial charge in [-0.15, -0.1) is 22.7 Å². The standard InChI is InChI=1S/C27H20N2O3S2/c30-24(29-25(18-9-3-1-4-10-18)19-11-5-2-6-12-19)17-32-27(31)23-16-15-22(33-23)26-28-20-13-7-8-14-21(20)34-26/h1-16,25H,17H2,(H,29,30). The Kier molecular flexibility index (Phi) is 6.46. The van der Waals surface area contributed by atoms with Crippen LogP contribution in [0.3, 0.4) is 0 Å². The minimum atomic E-state index is -0.525. The summed E-state index contributed by atoms with van der Waals surface area (Å²) in [5.74, 6) is -0.891. The number of carbonyl (C=O) groups excluding carboxylic acids is 2. The van der Waals surface area contributed by atoms with Crippen LogP contribution in [0.4, 0.5) is 0 Å². The van der Waals surface area contributed by atoms with Gasteiger partial charge in [0.15, 0.2) is 6.61 Å². The summed E-state index contributed by atoms with van der Waals surface area (Å²) >= 11 is 2.89. The van der Waals surface area contributed by atoms with Crippen LogP contribution in [0.1, 0.15) is 26.8 Å². The molecule has 7 heteroatoms. The van der Waals surface area contributed by atoms with Gasteiger partial charge in [0.05, 0.1) is 21.1 Å². The van der Waals surface area contributed by atoms with Gasteiger partial charge in [0.1, 0.15) is 9.88 Å². The zero-order valence-electron chi connectivity index (χ0n) is 18.0. The smallest absolute Gasteiger partial charge is 0.348 e. The first kappa shape index (κ1) is 22.0. The summed E-state index contributed by atoms with van der Waals surface area (Å²) < 4.78 is 6.41. The van der Waals surface area contributed by atoms with Crippen molar-refractivity contribution in [3.63, 3.8) is 0 Å². The van der Waals surface area contributed by atoms with Crippen molar-refractivity contribution in [2.24, 2.45) is 0 Å². The zero-order valence-corrected chi connectivity index (χ0v) is 19.6. The van der Waals surface area contributed by atoms with E-state index in [1.54, 1.807) is 17.4 Å². The number of benzene rings is 3. The molecule has 0 saturated heterocycles. The van der Waals surface area contributed by atoms with Crippen LogP contribution in [0.25, 0.3) is 20.1 Å². The second kappa shape index (κ2) is 9.99. The van der Waals surface area contributed by atoms with Crippen LogP contribution < -0.4 is 5.32 Å². The Balaban J connectivity index is 1.24. The molecule has 5 aromatic rings. The molecule has 5 nitrogen and oxygen atoms in total. The lowest BCUT2D eigenvalue weighted by atomic mass is 9.99. The summed E-state index contributed by atoms with van der Waals surface area (Å²) in [6, 6.07) is 30.6. The number of aromatic nitrogens is 1. The van der Waals surface area contributed by atoms with Crippen molar-refractivity contribution in [3.8, 4) is 9.88 Å². The maximum absolute atomic E-state index is 12.7. The fourth-order valence-corrected chi connectivity index (χ4v) is 5.52. The number of ether oxygens (including phenoxy) is 1. The number of carbonyl (C=O) groups is 2. The van der Waals surface area contributed by atoms with Crippen molar-refractivity contribution in [2.45, 2.75) is 6.04 Å². The molecule has 0 aliphatic carbocycles. The van der Waals surface area contributed by atoms with Gasteiger partial charge in [-0.1, -0.05) is 72.8 Å². The third-order valence-electron chi connectivity index (χ3n) is 5.22. The second-order valence-corrected chi connectivity index (χ2v) is 9.66. The number of amides is 1. The van der Waals surface area contributed by atoms with E-state index in [1.165, 1.54) is 11.3 Å². The molecule has 0 spiro atoms. The molecule has 0 bridgehead atoms. The van der Waals surface area contributed by atoms with E-state index < -0.39 is 5.97 Å². The van der Waals surface area contributed by atoms with Crippen LogP contribution in [0.2, 0.25) is 0 Å². The van der Waals surface area contributed by atoms with Crippen molar-refractivity contribution in [1.82, 2.24) is 10.3 Å². The van der Waals surface area contributed by atoms with Crippen LogP contribution in [0.15, 0.2) is 97.1 Å². The molecule has 2 aromatic heterocycles. The highest BCUT2D eigenvalue weighted by molar-refractivity contribution is 7.26. The number of hydrogen-bond donors (Lipinski definition) is 1. The Morgan fingerprint density at radius 2 is 1.44 bits per heavy atom. The van der Waals surface area contributed by atoms with E-state index >= 15 is 0 Å². The molecule has 0 unspecified atom stereocenters. The lowest BCUT2D eigenvalue weighted by molar-refractivity contribution is -0.124. The van der Waals surface area contributed by atoms with E-state index in [2.05, 4.69) is 10.3 Å². The molecule has 0 atom stereocenters. The van der Waals surface area contributed by atoms with Crippen molar-refractivity contribution >= 4 is 44.8 Å². The predicted octanol–water partition coefficient (Wildman–Crippen LogP) is 6.09. The van der Waals surface area contributed by atoms with Crippen molar-refractivity contribution < 1.29 is 14.3 Å². The number of esters is 1. The van der Waals surface area contributed by atoms with Gasteiger partial charge in [0, 0.05) is 0 Å². The molecular weight excluding hydrogens is 464 g/mol. The first-order chi connectivity index (χ1) is 16.7. The minimum Gasteiger partial charge on any atom is -0.451 e. The molecule has 168 valence electrons. The van der Waals surface area contributed by atoms with Crippen molar-refractivity contribution in [2.75, 3.05) is 6.61 Å². The number of nitrogens with one attached hydrogen (secondary N) is 1. The minimum absolute atomic E-state index is 0.332. The Labute approximate surface area is 204 Å². The van der Waals surface area contributed by atoms with Crippen LogP contribution in [0, 0.1) is 0 Å². The SMILES string of the molecule is O=C(COC(=O)c1ccc(-c2nc3ccccc3s2)s1)NC(c1ccccc1)c1ccccc1. The van der Waals surface area contributed by atoms with Gasteiger partial charge in [-0.05, 0) is 35.4 Å². The van der Waals surface area contributed by atoms with E-state index in [0.717, 1.165) is 31.2 Å². The van der Waals surface area contributed by atoms with E-state index in [0.29, 0.717) is 4.88 Å². The summed E-state index contributed by atoms with van der Waals surface area (Å²) in [6.45, 7) is -0.358. The lowest BCUT2D eigenvalue weighted by Gasteiger charge is -2.19. The van der Waals surface area contributed by atoms with E-state index in [1.807, 2.05) is 91.0 Å². The van der Waals surface area contributed by atoms with E-state index in [4.69, 9.17) is 4.74 Å². The lowest BCUT2D eigenvalue weighted by Crippen LogP contribution is -2.33. The average molecular weight is 485 g/mol. The number of thiophene rings is 1. The third-order valence-corrected chi connectivity index (χ3v) is 7.49. The first-order valence-corrected chi connectivity index (χ1v) is 12.3. The molecule has 1 N–H and O–H groups in total. The maximum Gasteiger partial charge on any atom is 0.348 e. The Morgan fingerprint density at radius 3 is 2.12 bits per heavy atom. The molecule has 5 rings (SSSR count). The normalized spacial score (nSPS) is 11.0. The van der Waals surface area contributed by atoms with Gasteiger partial charge in [-0.2, -0.15) is 0 Å². The number of fused-ring (bicyclic) bond motifs is 1. The summed E-state index contributed by atoms with van der Waals surface area (Å²) in [6.07, 6.45) is 0. The Hall–Kier alpha value is -3.81. The largest absolute Gasteiger partial charge is 0.451 e. The van der Waals surface area contributed by atoms with Crippen LogP contribution in [-0.2, 0) is 9.53 Å². The first-order valence-electron chi connectivity index (χ1n) is 10.7. The number of hydrogen-bond acceptors (Lipinski definition) is 6. The van der Waals surface area contributed by atoms with Crippen LogP contribution >= 0.6 is 22.7 Å². The molecular formula is C27H20N2O3S2. The number of thiazole rings is 1. The van der Waals surface area contributed by atoms with Gasteiger partial charge in [0.25, 0.3) is 5.91 Å². The van der Waals surface area contributed by atoms with Gasteiger partial charge in [-0.3, -0.25) is 4.79 Å². The Bertz CT molecular complexity index is 1360. The number of para-hydroxylation sites is 1. The summed E-state index contributed by atoms with van der Waals surface area (Å²) in [7, 11) is 0. The molecule has 3 aromatic carbocycles. The molecule has 0 aliphatic heterocycles. The Morgan fingerprint density at radius 1 is 0.794 bits per heavy atom. The fourth-order valence-electron chi connectivity index (χ4n) is 3.60. The van der Waals surface area contributed by atoms with Crippen LogP contribution in [-0.4, -0.2) is 23.5 Å². The summed E-state index contributed by atoms with van der Waals surface area (Å²) in [4.78, 5) is 31.2. The topological polar surface area (TPSA) is 68.3 Å². The molecule has 0 saturated carbocycles. The van der Waals surface area contributed by atoms with Gasteiger partial charge in [0.2, 0.25) is 0 Å². The number of nitrogens with zero attached hydrogens (tertiary/aromatic N) is 1. The molecule has 34 heavy (non-hydrogen) atoms. The summed E-state index contributed by atoms with van der Waals surface area (Å²) in [5.41, 5.74) is 2.84. The molecule has 0 fully saturated rings. The highest BCUT2D eigenvalue weighted by atomic mass is 32.1. The van der Waals surface area contributed by atoms with Gasteiger partial charge in [-0.25, -0.2) is 9.78 Å². The zero-order chi connectivity index (χ0) is 23.3. The molecule has 0 aliphatic rings. The van der Waals surface area contributed by atoms with Gasteiger partial charge < -0.3 is 10.1 Å². The molecule has 1 amide bonds. The van der Waals surface area contributed by atoms with E-state index in [9.17, 15) is 9.59 Å². The maximum atomic E-state index is 12.7. The van der Waals surface area contributed by atoms with Crippen LogP contribution in [0.5, 0.6) is 0 Å². The number of rotatable bonds is 7. The highest BCUT2D eigenvalue weighted by Crippen LogP contribution is 2.34. The quantitative estimate of drug-likeness (QED) is 0.284.